The van der Waals surface area contributed by atoms with Gasteiger partial charge in [0.1, 0.15) is 0 Å². The van der Waals surface area contributed by atoms with Crippen LogP contribution >= 0.6 is 0 Å². The molecule has 5 nitrogen and oxygen atoms in total. The molecule has 2 amide bonds. The van der Waals surface area contributed by atoms with E-state index in [-0.39, 0.29) is 5.41 Å². The Hall–Kier alpha value is -1.39. The summed E-state index contributed by atoms with van der Waals surface area (Å²) in [5, 5.41) is 3.97. The van der Waals surface area contributed by atoms with Crippen LogP contribution in [0.4, 0.5) is 0 Å². The van der Waals surface area contributed by atoms with Gasteiger partial charge in [0, 0.05) is 5.71 Å². The quantitative estimate of drug-likeness (QED) is 0.510. The summed E-state index contributed by atoms with van der Waals surface area (Å²) in [5.74, 6) is -1.32. The molecule has 0 aliphatic heterocycles. The van der Waals surface area contributed by atoms with Crippen LogP contribution in [0.1, 0.15) is 40.0 Å². The molecule has 0 bridgehead atoms. The molecule has 1 aliphatic carbocycles. The van der Waals surface area contributed by atoms with Crippen molar-refractivity contribution < 1.29 is 9.59 Å². The van der Waals surface area contributed by atoms with Crippen LogP contribution in [-0.4, -0.2) is 17.5 Å². The van der Waals surface area contributed by atoms with Gasteiger partial charge in [-0.15, -0.1) is 0 Å². The van der Waals surface area contributed by atoms with E-state index >= 15 is 0 Å². The SMILES string of the molecule is C[C@@H]1CC(=NNC(=O)C(N)=O)CC(C)(C)C1. The van der Waals surface area contributed by atoms with E-state index in [9.17, 15) is 9.59 Å². The molecule has 1 aliphatic rings. The molecule has 90 valence electrons. The Labute approximate surface area is 95.5 Å². The Bertz CT molecular complexity index is 334. The fraction of sp³-hybridized carbons (Fsp3) is 0.727. The van der Waals surface area contributed by atoms with Crippen molar-refractivity contribution in [1.29, 1.82) is 0 Å². The summed E-state index contributed by atoms with van der Waals surface area (Å²) in [6.07, 6.45) is 2.86. The van der Waals surface area contributed by atoms with Crippen molar-refractivity contribution in [3.63, 3.8) is 0 Å². The first-order chi connectivity index (χ1) is 7.30. The molecule has 0 aromatic carbocycles. The van der Waals surface area contributed by atoms with Crippen molar-refractivity contribution in [3.8, 4) is 0 Å². The lowest BCUT2D eigenvalue weighted by Crippen LogP contribution is -2.35. The van der Waals surface area contributed by atoms with Gasteiger partial charge in [0.05, 0.1) is 0 Å². The number of primary amides is 1. The van der Waals surface area contributed by atoms with Crippen LogP contribution in [0.15, 0.2) is 5.10 Å². The monoisotopic (exact) mass is 225 g/mol. The van der Waals surface area contributed by atoms with Crippen molar-refractivity contribution in [3.05, 3.63) is 0 Å². The molecule has 16 heavy (non-hydrogen) atoms. The predicted octanol–water partition coefficient (Wildman–Crippen LogP) is 0.790. The summed E-state index contributed by atoms with van der Waals surface area (Å²) >= 11 is 0. The van der Waals surface area contributed by atoms with Gasteiger partial charge in [0.2, 0.25) is 0 Å². The standard InChI is InChI=1S/C11H19N3O2/c1-7-4-8(6-11(2,3)5-7)13-14-10(16)9(12)15/h7H,4-6H2,1-3H3,(H2,12,15)(H,14,16)/t7-/m1/s1. The van der Waals surface area contributed by atoms with Gasteiger partial charge in [-0.3, -0.25) is 9.59 Å². The largest absolute Gasteiger partial charge is 0.361 e. The Morgan fingerprint density at radius 2 is 2.12 bits per heavy atom. The zero-order valence-electron chi connectivity index (χ0n) is 10.0. The van der Waals surface area contributed by atoms with Gasteiger partial charge in [-0.25, -0.2) is 5.43 Å². The topological polar surface area (TPSA) is 84.6 Å². The zero-order valence-corrected chi connectivity index (χ0v) is 10.0. The maximum atomic E-state index is 10.9. The molecule has 5 heteroatoms. The van der Waals surface area contributed by atoms with E-state index in [0.717, 1.165) is 25.0 Å². The Balaban J connectivity index is 2.62. The molecule has 1 atom stereocenters. The highest BCUT2D eigenvalue weighted by molar-refractivity contribution is 6.34. The van der Waals surface area contributed by atoms with E-state index in [1.807, 2.05) is 0 Å². The molecule has 3 N–H and O–H groups in total. The highest BCUT2D eigenvalue weighted by Gasteiger charge is 2.29. The van der Waals surface area contributed by atoms with E-state index in [0.29, 0.717) is 5.92 Å². The lowest BCUT2D eigenvalue weighted by Gasteiger charge is -2.34. The second-order valence-corrected chi connectivity index (χ2v) is 5.34. The van der Waals surface area contributed by atoms with E-state index in [1.165, 1.54) is 0 Å². The Morgan fingerprint density at radius 1 is 1.50 bits per heavy atom. The van der Waals surface area contributed by atoms with Crippen molar-refractivity contribution in [2.75, 3.05) is 0 Å². The van der Waals surface area contributed by atoms with Crippen LogP contribution in [0.2, 0.25) is 0 Å². The second-order valence-electron chi connectivity index (χ2n) is 5.34. The van der Waals surface area contributed by atoms with Gasteiger partial charge in [-0.05, 0) is 30.6 Å². The zero-order chi connectivity index (χ0) is 12.3. The third-order valence-electron chi connectivity index (χ3n) is 2.71. The number of nitrogens with zero attached hydrogens (tertiary/aromatic N) is 1. The van der Waals surface area contributed by atoms with E-state index in [1.54, 1.807) is 0 Å². The molecule has 0 aromatic heterocycles. The van der Waals surface area contributed by atoms with Gasteiger partial charge in [0.15, 0.2) is 0 Å². The number of hydrazone groups is 1. The minimum Gasteiger partial charge on any atom is -0.361 e. The smallest absolute Gasteiger partial charge is 0.329 e. The number of nitrogens with two attached hydrogens (primary N) is 1. The van der Waals surface area contributed by atoms with Crippen LogP contribution in [0.3, 0.4) is 0 Å². The number of carbonyl (C=O) groups excluding carboxylic acids is 2. The first-order valence-electron chi connectivity index (χ1n) is 5.45. The molecular weight excluding hydrogens is 206 g/mol. The molecule has 0 saturated heterocycles. The number of hydrogen-bond donors (Lipinski definition) is 2. The predicted molar refractivity (Wildman–Crippen MR) is 61.6 cm³/mol. The third-order valence-corrected chi connectivity index (χ3v) is 2.71. The third kappa shape index (κ3) is 3.64. The molecule has 1 rings (SSSR count). The highest BCUT2D eigenvalue weighted by atomic mass is 16.2. The first kappa shape index (κ1) is 12.7. The van der Waals surface area contributed by atoms with Crippen molar-refractivity contribution in [1.82, 2.24) is 5.43 Å². The first-order valence-corrected chi connectivity index (χ1v) is 5.45. The van der Waals surface area contributed by atoms with Gasteiger partial charge < -0.3 is 5.73 Å². The van der Waals surface area contributed by atoms with Gasteiger partial charge in [0.25, 0.3) is 0 Å². The lowest BCUT2D eigenvalue weighted by molar-refractivity contribution is -0.137. The molecular formula is C11H19N3O2. The summed E-state index contributed by atoms with van der Waals surface area (Å²) in [5.41, 5.74) is 8.13. The van der Waals surface area contributed by atoms with E-state index in [4.69, 9.17) is 5.73 Å². The molecule has 0 spiro atoms. The number of rotatable bonds is 1. The van der Waals surface area contributed by atoms with E-state index in [2.05, 4.69) is 31.3 Å². The molecule has 0 unspecified atom stereocenters. The normalized spacial score (nSPS) is 26.4. The summed E-state index contributed by atoms with van der Waals surface area (Å²) in [7, 11) is 0. The maximum absolute atomic E-state index is 10.9. The molecule has 1 saturated carbocycles. The number of amides is 2. The maximum Gasteiger partial charge on any atom is 0.329 e. The van der Waals surface area contributed by atoms with Gasteiger partial charge in [-0.1, -0.05) is 20.8 Å². The summed E-state index contributed by atoms with van der Waals surface area (Å²) in [4.78, 5) is 21.4. The molecule has 0 heterocycles. The Morgan fingerprint density at radius 3 is 2.62 bits per heavy atom. The van der Waals surface area contributed by atoms with Crippen LogP contribution in [0.25, 0.3) is 0 Å². The second kappa shape index (κ2) is 4.63. The Kier molecular flexibility index (Phi) is 3.67. The number of carbonyl (C=O) groups is 2. The van der Waals surface area contributed by atoms with Crippen LogP contribution < -0.4 is 11.2 Å². The lowest BCUT2D eigenvalue weighted by atomic mass is 9.72. The highest BCUT2D eigenvalue weighted by Crippen LogP contribution is 2.36. The van der Waals surface area contributed by atoms with Crippen molar-refractivity contribution >= 4 is 17.5 Å². The fourth-order valence-electron chi connectivity index (χ4n) is 2.38. The average molecular weight is 225 g/mol. The molecule has 1 fully saturated rings. The molecule has 0 aromatic rings. The minimum absolute atomic E-state index is 0.202. The number of hydrogen-bond acceptors (Lipinski definition) is 3. The van der Waals surface area contributed by atoms with Crippen molar-refractivity contribution in [2.45, 2.75) is 40.0 Å². The van der Waals surface area contributed by atoms with Crippen LogP contribution in [0.5, 0.6) is 0 Å². The van der Waals surface area contributed by atoms with E-state index < -0.39 is 11.8 Å². The fourth-order valence-corrected chi connectivity index (χ4v) is 2.38. The minimum atomic E-state index is -1.01. The summed E-state index contributed by atoms with van der Waals surface area (Å²) in [6.45, 7) is 6.51. The van der Waals surface area contributed by atoms with Gasteiger partial charge >= 0.3 is 11.8 Å². The molecule has 0 radical (unpaired) electrons. The average Bonchev–Trinajstić information content (AvgIpc) is 2.10. The van der Waals surface area contributed by atoms with Gasteiger partial charge in [-0.2, -0.15) is 5.10 Å². The van der Waals surface area contributed by atoms with Crippen LogP contribution in [-0.2, 0) is 9.59 Å². The number of nitrogens with one attached hydrogen (secondary N) is 1. The summed E-state index contributed by atoms with van der Waals surface area (Å²) < 4.78 is 0. The van der Waals surface area contributed by atoms with Crippen molar-refractivity contribution in [2.24, 2.45) is 22.2 Å². The summed E-state index contributed by atoms with van der Waals surface area (Å²) in [6, 6.07) is 0. The van der Waals surface area contributed by atoms with Crippen LogP contribution in [0, 0.1) is 11.3 Å².